The third-order valence-corrected chi connectivity index (χ3v) is 3.72. The molecule has 1 atom stereocenters. The summed E-state index contributed by atoms with van der Waals surface area (Å²) in [6, 6.07) is 8.35. The minimum Gasteiger partial charge on any atom is -0.379 e. The quantitative estimate of drug-likeness (QED) is 0.408. The monoisotopic (exact) mass is 433 g/mol. The molecule has 0 aliphatic rings. The highest BCUT2D eigenvalue weighted by molar-refractivity contribution is 14.0. The van der Waals surface area contributed by atoms with Crippen LogP contribution in [0.3, 0.4) is 0 Å². The number of guanidine groups is 1. The van der Waals surface area contributed by atoms with Gasteiger partial charge in [0.25, 0.3) is 0 Å². The third kappa shape index (κ3) is 8.01. The van der Waals surface area contributed by atoms with E-state index in [1.165, 1.54) is 11.1 Å². The molecule has 1 aromatic rings. The predicted molar refractivity (Wildman–Crippen MR) is 110 cm³/mol. The molecule has 0 aromatic heterocycles. The number of rotatable bonds is 6. The number of aliphatic imine (C=N–C) groups is 1. The Morgan fingerprint density at radius 3 is 2.39 bits per heavy atom. The summed E-state index contributed by atoms with van der Waals surface area (Å²) in [5, 5.41) is 6.67. The minimum atomic E-state index is 0. The number of nitrogens with one attached hydrogen (secondary N) is 2. The van der Waals surface area contributed by atoms with Crippen molar-refractivity contribution in [3.63, 3.8) is 0 Å². The highest BCUT2D eigenvalue weighted by atomic mass is 127. The van der Waals surface area contributed by atoms with Crippen LogP contribution in [0, 0.1) is 12.3 Å². The number of benzene rings is 1. The number of hydrogen-bond acceptors (Lipinski definition) is 2. The number of methoxy groups -OCH3 is 1. The van der Waals surface area contributed by atoms with E-state index in [9.17, 15) is 0 Å². The van der Waals surface area contributed by atoms with Crippen LogP contribution in [0.15, 0.2) is 29.3 Å². The Kier molecular flexibility index (Phi) is 10.5. The molecule has 0 aliphatic heterocycles. The van der Waals surface area contributed by atoms with Gasteiger partial charge in [0.1, 0.15) is 0 Å². The van der Waals surface area contributed by atoms with Gasteiger partial charge in [-0.1, -0.05) is 45.0 Å². The SMILES string of the molecule is CCNC(=NCc1ccccc1C)NCC(OC)C(C)(C)C.I. The van der Waals surface area contributed by atoms with Gasteiger partial charge < -0.3 is 15.4 Å². The lowest BCUT2D eigenvalue weighted by Crippen LogP contribution is -2.45. The van der Waals surface area contributed by atoms with Crippen molar-refractivity contribution >= 4 is 29.9 Å². The summed E-state index contributed by atoms with van der Waals surface area (Å²) in [5.41, 5.74) is 2.61. The molecule has 0 radical (unpaired) electrons. The van der Waals surface area contributed by atoms with Gasteiger partial charge in [0.15, 0.2) is 5.96 Å². The Morgan fingerprint density at radius 2 is 1.87 bits per heavy atom. The summed E-state index contributed by atoms with van der Waals surface area (Å²) in [7, 11) is 1.76. The highest BCUT2D eigenvalue weighted by Crippen LogP contribution is 2.20. The molecule has 2 N–H and O–H groups in total. The standard InChI is InChI=1S/C18H31N3O.HI/c1-7-19-17(21-13-16(22-6)18(3,4)5)20-12-15-11-9-8-10-14(15)2;/h8-11,16H,7,12-13H2,1-6H3,(H2,19,20,21);1H. The van der Waals surface area contributed by atoms with E-state index in [1.54, 1.807) is 7.11 Å². The molecule has 23 heavy (non-hydrogen) atoms. The molecular formula is C18H32IN3O. The Hall–Kier alpha value is -0.820. The van der Waals surface area contributed by atoms with Crippen molar-refractivity contribution in [3.05, 3.63) is 35.4 Å². The first-order valence-electron chi connectivity index (χ1n) is 7.98. The van der Waals surface area contributed by atoms with Crippen molar-refractivity contribution in [2.45, 2.75) is 47.3 Å². The summed E-state index contributed by atoms with van der Waals surface area (Å²) in [4.78, 5) is 4.67. The lowest BCUT2D eigenvalue weighted by Gasteiger charge is -2.30. The normalized spacial score (nSPS) is 13.2. The topological polar surface area (TPSA) is 45.7 Å². The van der Waals surface area contributed by atoms with E-state index < -0.39 is 0 Å². The molecule has 0 fully saturated rings. The second-order valence-electron chi connectivity index (χ2n) is 6.59. The van der Waals surface area contributed by atoms with Crippen LogP contribution in [-0.4, -0.2) is 32.3 Å². The maximum Gasteiger partial charge on any atom is 0.191 e. The first-order valence-corrected chi connectivity index (χ1v) is 7.98. The van der Waals surface area contributed by atoms with Crippen LogP contribution in [-0.2, 0) is 11.3 Å². The van der Waals surface area contributed by atoms with Crippen molar-refractivity contribution in [3.8, 4) is 0 Å². The molecule has 0 saturated carbocycles. The second-order valence-corrected chi connectivity index (χ2v) is 6.59. The molecule has 4 nitrogen and oxygen atoms in total. The molecule has 0 heterocycles. The van der Waals surface area contributed by atoms with Gasteiger partial charge >= 0.3 is 0 Å². The number of hydrogen-bond donors (Lipinski definition) is 2. The molecule has 5 heteroatoms. The van der Waals surface area contributed by atoms with Crippen LogP contribution in [0.25, 0.3) is 0 Å². The third-order valence-electron chi connectivity index (χ3n) is 3.72. The van der Waals surface area contributed by atoms with Gasteiger partial charge in [-0.2, -0.15) is 0 Å². The molecule has 0 aliphatic carbocycles. The number of nitrogens with zero attached hydrogens (tertiary/aromatic N) is 1. The van der Waals surface area contributed by atoms with Gasteiger partial charge in [-0.25, -0.2) is 4.99 Å². The number of halogens is 1. The zero-order chi connectivity index (χ0) is 16.6. The minimum absolute atomic E-state index is 0. The van der Waals surface area contributed by atoms with Crippen molar-refractivity contribution in [2.24, 2.45) is 10.4 Å². The van der Waals surface area contributed by atoms with Gasteiger partial charge in [-0.15, -0.1) is 24.0 Å². The average Bonchev–Trinajstić information content (AvgIpc) is 2.45. The summed E-state index contributed by atoms with van der Waals surface area (Å²) in [6.07, 6.45) is 0.134. The van der Waals surface area contributed by atoms with Crippen LogP contribution in [0.5, 0.6) is 0 Å². The maximum atomic E-state index is 5.58. The molecule has 0 saturated heterocycles. The zero-order valence-corrected chi connectivity index (χ0v) is 17.6. The van der Waals surface area contributed by atoms with Gasteiger partial charge in [0.2, 0.25) is 0 Å². The van der Waals surface area contributed by atoms with Crippen LogP contribution in [0.4, 0.5) is 0 Å². The molecule has 0 bridgehead atoms. The lowest BCUT2D eigenvalue weighted by molar-refractivity contribution is 0.0205. The average molecular weight is 433 g/mol. The van der Waals surface area contributed by atoms with E-state index in [2.05, 4.69) is 74.5 Å². The Balaban J connectivity index is 0.00000484. The number of ether oxygens (including phenoxy) is 1. The van der Waals surface area contributed by atoms with Gasteiger partial charge in [-0.05, 0) is 30.4 Å². The van der Waals surface area contributed by atoms with Gasteiger partial charge in [0.05, 0.1) is 12.6 Å². The second kappa shape index (κ2) is 10.9. The van der Waals surface area contributed by atoms with Crippen LogP contribution >= 0.6 is 24.0 Å². The lowest BCUT2D eigenvalue weighted by atomic mass is 9.89. The van der Waals surface area contributed by atoms with E-state index in [4.69, 9.17) is 4.74 Å². The predicted octanol–water partition coefficient (Wildman–Crippen LogP) is 3.73. The van der Waals surface area contributed by atoms with E-state index in [1.807, 2.05) is 0 Å². The first kappa shape index (κ1) is 22.2. The first-order chi connectivity index (χ1) is 10.4. The zero-order valence-electron chi connectivity index (χ0n) is 15.3. The fourth-order valence-electron chi connectivity index (χ4n) is 2.23. The van der Waals surface area contributed by atoms with Crippen molar-refractivity contribution in [1.29, 1.82) is 0 Å². The van der Waals surface area contributed by atoms with E-state index >= 15 is 0 Å². The van der Waals surface area contributed by atoms with Crippen molar-refractivity contribution in [2.75, 3.05) is 20.2 Å². The van der Waals surface area contributed by atoms with Crippen LogP contribution in [0.2, 0.25) is 0 Å². The molecule has 0 spiro atoms. The maximum absolute atomic E-state index is 5.58. The molecular weight excluding hydrogens is 401 g/mol. The molecule has 1 aromatic carbocycles. The van der Waals surface area contributed by atoms with Gasteiger partial charge in [-0.3, -0.25) is 0 Å². The van der Waals surface area contributed by atoms with Crippen molar-refractivity contribution in [1.82, 2.24) is 10.6 Å². The smallest absolute Gasteiger partial charge is 0.191 e. The Labute approximate surface area is 158 Å². The molecule has 1 unspecified atom stereocenters. The fourth-order valence-corrected chi connectivity index (χ4v) is 2.23. The summed E-state index contributed by atoms with van der Waals surface area (Å²) < 4.78 is 5.58. The molecule has 0 amide bonds. The molecule has 1 rings (SSSR count). The number of aryl methyl sites for hydroxylation is 1. The highest BCUT2D eigenvalue weighted by Gasteiger charge is 2.24. The van der Waals surface area contributed by atoms with Gasteiger partial charge in [0, 0.05) is 20.2 Å². The summed E-state index contributed by atoms with van der Waals surface area (Å²) in [5.74, 6) is 0.831. The fraction of sp³-hybridized carbons (Fsp3) is 0.611. The Bertz CT molecular complexity index is 483. The summed E-state index contributed by atoms with van der Waals surface area (Å²) >= 11 is 0. The largest absolute Gasteiger partial charge is 0.379 e. The Morgan fingerprint density at radius 1 is 1.22 bits per heavy atom. The molecule has 132 valence electrons. The van der Waals surface area contributed by atoms with Crippen molar-refractivity contribution < 1.29 is 4.74 Å². The van der Waals surface area contributed by atoms with E-state index in [0.717, 1.165) is 19.0 Å². The van der Waals surface area contributed by atoms with E-state index in [0.29, 0.717) is 6.54 Å². The van der Waals surface area contributed by atoms with E-state index in [-0.39, 0.29) is 35.5 Å². The van der Waals surface area contributed by atoms with Crippen LogP contribution in [0.1, 0.15) is 38.8 Å². The summed E-state index contributed by atoms with van der Waals surface area (Å²) in [6.45, 7) is 13.0. The van der Waals surface area contributed by atoms with Crippen LogP contribution < -0.4 is 10.6 Å².